The van der Waals surface area contributed by atoms with E-state index in [0.717, 1.165) is 12.1 Å². The van der Waals surface area contributed by atoms with Crippen LogP contribution < -0.4 is 5.32 Å². The molecule has 0 aliphatic heterocycles. The minimum absolute atomic E-state index is 0.0713. The van der Waals surface area contributed by atoms with E-state index < -0.39 is 0 Å². The first kappa shape index (κ1) is 15.4. The number of fused-ring (bicyclic) bond motifs is 2. The van der Waals surface area contributed by atoms with Crippen LogP contribution in [0, 0.1) is 16.7 Å². The molecule has 0 heterocycles. The van der Waals surface area contributed by atoms with Crippen LogP contribution in [0.5, 0.6) is 0 Å². The quantitative estimate of drug-likeness (QED) is 0.826. The van der Waals surface area contributed by atoms with Gasteiger partial charge in [-0.05, 0) is 42.7 Å². The molecule has 2 unspecified atom stereocenters. The Bertz CT molecular complexity index is 540. The molecule has 2 aliphatic carbocycles. The lowest BCUT2D eigenvalue weighted by Crippen LogP contribution is -2.38. The third kappa shape index (κ3) is 2.51. The minimum Gasteiger partial charge on any atom is -0.462 e. The van der Waals surface area contributed by atoms with Gasteiger partial charge in [0.1, 0.15) is 6.10 Å². The van der Waals surface area contributed by atoms with Gasteiger partial charge in [0.05, 0.1) is 6.42 Å². The molecule has 120 valence electrons. The van der Waals surface area contributed by atoms with E-state index in [1.54, 1.807) is 0 Å². The van der Waals surface area contributed by atoms with Crippen molar-refractivity contribution in [2.45, 2.75) is 52.6 Å². The molecule has 2 saturated carbocycles. The number of hydrogen-bond donors (Lipinski definition) is 1. The second-order valence-corrected chi connectivity index (χ2v) is 7.63. The normalized spacial score (nSPS) is 32.0. The average Bonchev–Trinajstić information content (AvgIpc) is 2.82. The Kier molecular flexibility index (Phi) is 3.92. The van der Waals surface area contributed by atoms with Crippen molar-refractivity contribution in [3.63, 3.8) is 0 Å². The fraction of sp³-hybridized carbons (Fsp3) is 0.632. The molecule has 2 aliphatic rings. The number of carbonyl (C=O) groups excluding carboxylic acids is 1. The number of para-hydroxylation sites is 1. The second kappa shape index (κ2) is 5.60. The summed E-state index contributed by atoms with van der Waals surface area (Å²) < 4.78 is 5.84. The van der Waals surface area contributed by atoms with E-state index in [1.165, 1.54) is 12.8 Å². The highest BCUT2D eigenvalue weighted by Crippen LogP contribution is 2.66. The molecule has 2 fully saturated rings. The zero-order valence-electron chi connectivity index (χ0n) is 13.9. The summed E-state index contributed by atoms with van der Waals surface area (Å²) in [5.41, 5.74) is 1.49. The molecule has 1 N–H and O–H groups in total. The standard InChI is InChI=1S/C19H27NO2/c1-18(2)14-9-11-19(18,3)16(13-14)22-17(21)10-12-20-15-7-5-4-6-8-15/h4-8,14,16,20H,9-13H2,1-3H3/t14?,16?,19-/m0/s1. The van der Waals surface area contributed by atoms with Crippen molar-refractivity contribution >= 4 is 11.7 Å². The summed E-state index contributed by atoms with van der Waals surface area (Å²) in [5, 5.41) is 3.26. The van der Waals surface area contributed by atoms with E-state index in [4.69, 9.17) is 4.74 Å². The van der Waals surface area contributed by atoms with E-state index in [0.29, 0.717) is 24.3 Å². The van der Waals surface area contributed by atoms with E-state index in [2.05, 4.69) is 26.1 Å². The first-order valence-electron chi connectivity index (χ1n) is 8.42. The summed E-state index contributed by atoms with van der Waals surface area (Å²) in [7, 11) is 0. The van der Waals surface area contributed by atoms with Gasteiger partial charge < -0.3 is 10.1 Å². The zero-order chi connectivity index (χ0) is 15.8. The third-order valence-electron chi connectivity index (χ3n) is 6.42. The Morgan fingerprint density at radius 3 is 2.59 bits per heavy atom. The number of carbonyl (C=O) groups is 1. The van der Waals surface area contributed by atoms with E-state index in [-0.39, 0.29) is 17.5 Å². The van der Waals surface area contributed by atoms with Crippen LogP contribution in [0.3, 0.4) is 0 Å². The Balaban J connectivity index is 1.49. The van der Waals surface area contributed by atoms with Gasteiger partial charge in [-0.1, -0.05) is 39.0 Å². The van der Waals surface area contributed by atoms with Gasteiger partial charge in [0, 0.05) is 17.6 Å². The topological polar surface area (TPSA) is 38.3 Å². The third-order valence-corrected chi connectivity index (χ3v) is 6.42. The largest absolute Gasteiger partial charge is 0.462 e. The second-order valence-electron chi connectivity index (χ2n) is 7.63. The van der Waals surface area contributed by atoms with Crippen molar-refractivity contribution in [3.05, 3.63) is 30.3 Å². The maximum absolute atomic E-state index is 12.2. The van der Waals surface area contributed by atoms with Crippen molar-refractivity contribution < 1.29 is 9.53 Å². The number of esters is 1. The Morgan fingerprint density at radius 1 is 1.27 bits per heavy atom. The van der Waals surface area contributed by atoms with Crippen LogP contribution in [-0.4, -0.2) is 18.6 Å². The van der Waals surface area contributed by atoms with Crippen LogP contribution >= 0.6 is 0 Å². The first-order chi connectivity index (χ1) is 10.4. The van der Waals surface area contributed by atoms with E-state index in [1.807, 2.05) is 30.3 Å². The molecule has 0 amide bonds. The fourth-order valence-electron chi connectivity index (χ4n) is 4.39. The summed E-state index contributed by atoms with van der Waals surface area (Å²) in [4.78, 5) is 12.2. The molecule has 3 heteroatoms. The highest BCUT2D eigenvalue weighted by molar-refractivity contribution is 5.70. The van der Waals surface area contributed by atoms with Crippen molar-refractivity contribution in [2.75, 3.05) is 11.9 Å². The summed E-state index contributed by atoms with van der Waals surface area (Å²) in [6.07, 6.45) is 4.04. The molecule has 22 heavy (non-hydrogen) atoms. The van der Waals surface area contributed by atoms with Gasteiger partial charge in [0.2, 0.25) is 0 Å². The molecular weight excluding hydrogens is 274 g/mol. The number of anilines is 1. The van der Waals surface area contributed by atoms with Gasteiger partial charge in [0.15, 0.2) is 0 Å². The van der Waals surface area contributed by atoms with Crippen LogP contribution in [0.4, 0.5) is 5.69 Å². The van der Waals surface area contributed by atoms with Gasteiger partial charge in [-0.3, -0.25) is 4.79 Å². The van der Waals surface area contributed by atoms with Gasteiger partial charge >= 0.3 is 5.97 Å². The summed E-state index contributed by atoms with van der Waals surface area (Å²) in [6, 6.07) is 9.96. The number of hydrogen-bond acceptors (Lipinski definition) is 3. The van der Waals surface area contributed by atoms with Gasteiger partial charge in [-0.15, -0.1) is 0 Å². The summed E-state index contributed by atoms with van der Waals surface area (Å²) in [5.74, 6) is 0.635. The maximum Gasteiger partial charge on any atom is 0.307 e. The lowest BCUT2D eigenvalue weighted by atomic mass is 9.70. The predicted octanol–water partition coefficient (Wildman–Crippen LogP) is 4.25. The lowest BCUT2D eigenvalue weighted by molar-refractivity contribution is -0.156. The Morgan fingerprint density at radius 2 is 2.00 bits per heavy atom. The highest BCUT2D eigenvalue weighted by Gasteiger charge is 2.62. The fourth-order valence-corrected chi connectivity index (χ4v) is 4.39. The van der Waals surface area contributed by atoms with E-state index >= 15 is 0 Å². The molecule has 3 atom stereocenters. The van der Waals surface area contributed by atoms with Gasteiger partial charge in [0.25, 0.3) is 0 Å². The zero-order valence-corrected chi connectivity index (χ0v) is 13.9. The molecule has 0 saturated heterocycles. The molecule has 0 radical (unpaired) electrons. The first-order valence-corrected chi connectivity index (χ1v) is 8.42. The maximum atomic E-state index is 12.2. The smallest absolute Gasteiger partial charge is 0.307 e. The van der Waals surface area contributed by atoms with E-state index in [9.17, 15) is 4.79 Å². The molecule has 2 bridgehead atoms. The van der Waals surface area contributed by atoms with Crippen LogP contribution in [0.25, 0.3) is 0 Å². The van der Waals surface area contributed by atoms with Crippen molar-refractivity contribution in [1.29, 1.82) is 0 Å². The van der Waals surface area contributed by atoms with Crippen LogP contribution in [0.1, 0.15) is 46.5 Å². The van der Waals surface area contributed by atoms with Crippen LogP contribution in [-0.2, 0) is 9.53 Å². The van der Waals surface area contributed by atoms with Gasteiger partial charge in [-0.25, -0.2) is 0 Å². The van der Waals surface area contributed by atoms with Gasteiger partial charge in [-0.2, -0.15) is 0 Å². The SMILES string of the molecule is CC1(C)C2CC[C@@]1(C)C(OC(=O)CCNc1ccccc1)C2. The highest BCUT2D eigenvalue weighted by atomic mass is 16.5. The molecule has 1 aromatic rings. The van der Waals surface area contributed by atoms with Crippen molar-refractivity contribution in [1.82, 2.24) is 0 Å². The predicted molar refractivity (Wildman–Crippen MR) is 88.7 cm³/mol. The molecule has 3 nitrogen and oxygen atoms in total. The van der Waals surface area contributed by atoms with Crippen LogP contribution in [0.2, 0.25) is 0 Å². The van der Waals surface area contributed by atoms with Crippen LogP contribution in [0.15, 0.2) is 30.3 Å². The number of benzene rings is 1. The average molecular weight is 301 g/mol. The molecule has 3 rings (SSSR count). The molecular formula is C19H27NO2. The summed E-state index contributed by atoms with van der Waals surface area (Å²) >= 11 is 0. The van der Waals surface area contributed by atoms with Crippen molar-refractivity contribution in [3.8, 4) is 0 Å². The Labute approximate surface area is 133 Å². The lowest BCUT2D eigenvalue weighted by Gasteiger charge is -2.38. The molecule has 0 aromatic heterocycles. The summed E-state index contributed by atoms with van der Waals surface area (Å²) in [6.45, 7) is 7.62. The van der Waals surface area contributed by atoms with Crippen molar-refractivity contribution in [2.24, 2.45) is 16.7 Å². The minimum atomic E-state index is -0.0713. The number of rotatable bonds is 5. The molecule has 1 aromatic carbocycles. The Hall–Kier alpha value is -1.51. The monoisotopic (exact) mass is 301 g/mol. The molecule has 0 spiro atoms. The number of ether oxygens (including phenoxy) is 1. The number of nitrogens with one attached hydrogen (secondary N) is 1.